The summed E-state index contributed by atoms with van der Waals surface area (Å²) in [6.45, 7) is 4.09. The molecule has 0 aliphatic carbocycles. The number of carbonyl (C=O) groups excluding carboxylic acids is 1. The molecule has 2 amide bonds. The van der Waals surface area contributed by atoms with Gasteiger partial charge in [0, 0.05) is 32.0 Å². The molecule has 2 N–H and O–H groups in total. The van der Waals surface area contributed by atoms with Crippen molar-refractivity contribution in [2.45, 2.75) is 26.3 Å². The highest BCUT2D eigenvalue weighted by atomic mass is 16.5. The van der Waals surface area contributed by atoms with E-state index in [0.29, 0.717) is 13.1 Å². The first kappa shape index (κ1) is 16.9. The largest absolute Gasteiger partial charge is 0.497 e. The van der Waals surface area contributed by atoms with Crippen molar-refractivity contribution in [2.75, 3.05) is 20.2 Å². The minimum absolute atomic E-state index is 0.124. The van der Waals surface area contributed by atoms with Crippen LogP contribution in [0.4, 0.5) is 4.79 Å². The maximum atomic E-state index is 11.7. The van der Waals surface area contributed by atoms with Gasteiger partial charge in [0.2, 0.25) is 0 Å². The lowest BCUT2D eigenvalue weighted by atomic mass is 10.1. The molecule has 0 spiro atoms. The second-order valence-corrected chi connectivity index (χ2v) is 5.30. The number of benzene rings is 1. The lowest BCUT2D eigenvalue weighted by Crippen LogP contribution is -2.37. The number of urea groups is 1. The smallest absolute Gasteiger partial charge is 0.314 e. The van der Waals surface area contributed by atoms with Crippen LogP contribution in [0.25, 0.3) is 0 Å². The van der Waals surface area contributed by atoms with E-state index in [-0.39, 0.29) is 6.03 Å². The van der Waals surface area contributed by atoms with Crippen molar-refractivity contribution < 1.29 is 9.53 Å². The molecule has 124 valence electrons. The van der Waals surface area contributed by atoms with Gasteiger partial charge in [0.05, 0.1) is 7.11 Å². The zero-order valence-corrected chi connectivity index (χ0v) is 13.7. The molecule has 0 bridgehead atoms. The van der Waals surface area contributed by atoms with Crippen LogP contribution in [-0.2, 0) is 13.0 Å². The summed E-state index contributed by atoms with van der Waals surface area (Å²) in [7, 11) is 1.65. The maximum absolute atomic E-state index is 11.7. The molecule has 23 heavy (non-hydrogen) atoms. The number of aryl methyl sites for hydroxylation is 2. The number of hydrogen-bond donors (Lipinski definition) is 2. The first-order valence-electron chi connectivity index (χ1n) is 7.81. The summed E-state index contributed by atoms with van der Waals surface area (Å²) in [6.07, 6.45) is 5.41. The summed E-state index contributed by atoms with van der Waals surface area (Å²) in [4.78, 5) is 15.9. The molecular weight excluding hydrogens is 292 g/mol. The molecule has 1 aromatic carbocycles. The summed E-state index contributed by atoms with van der Waals surface area (Å²) in [5.74, 6) is 1.83. The molecule has 0 aliphatic heterocycles. The highest BCUT2D eigenvalue weighted by Crippen LogP contribution is 2.11. The Morgan fingerprint density at radius 2 is 1.96 bits per heavy atom. The summed E-state index contributed by atoms with van der Waals surface area (Å²) < 4.78 is 7.19. The molecule has 0 saturated heterocycles. The zero-order chi connectivity index (χ0) is 16.5. The quantitative estimate of drug-likeness (QED) is 0.733. The normalized spacial score (nSPS) is 10.3. The number of rotatable bonds is 8. The second-order valence-electron chi connectivity index (χ2n) is 5.30. The lowest BCUT2D eigenvalue weighted by Gasteiger charge is -2.09. The van der Waals surface area contributed by atoms with Crippen molar-refractivity contribution in [1.29, 1.82) is 0 Å². The predicted molar refractivity (Wildman–Crippen MR) is 89.7 cm³/mol. The Morgan fingerprint density at radius 1 is 1.22 bits per heavy atom. The molecule has 0 atom stereocenters. The Kier molecular flexibility index (Phi) is 6.47. The molecule has 0 radical (unpaired) electrons. The van der Waals surface area contributed by atoms with Crippen molar-refractivity contribution in [1.82, 2.24) is 20.2 Å². The lowest BCUT2D eigenvalue weighted by molar-refractivity contribution is 0.240. The minimum atomic E-state index is -0.124. The van der Waals surface area contributed by atoms with E-state index in [9.17, 15) is 4.79 Å². The van der Waals surface area contributed by atoms with Crippen LogP contribution in [-0.4, -0.2) is 35.8 Å². The van der Waals surface area contributed by atoms with Gasteiger partial charge in [0.1, 0.15) is 11.6 Å². The maximum Gasteiger partial charge on any atom is 0.314 e. The second kappa shape index (κ2) is 8.82. The third kappa shape index (κ3) is 5.65. The highest BCUT2D eigenvalue weighted by molar-refractivity contribution is 5.73. The van der Waals surface area contributed by atoms with Gasteiger partial charge >= 0.3 is 6.03 Å². The number of methoxy groups -OCH3 is 1. The Hall–Kier alpha value is -2.50. The Bertz CT molecular complexity index is 607. The first-order chi connectivity index (χ1) is 11.2. The van der Waals surface area contributed by atoms with Crippen LogP contribution in [0.15, 0.2) is 36.7 Å². The molecule has 0 fully saturated rings. The monoisotopic (exact) mass is 316 g/mol. The van der Waals surface area contributed by atoms with Gasteiger partial charge in [0.15, 0.2) is 0 Å². The Labute approximate surface area is 136 Å². The van der Waals surface area contributed by atoms with Gasteiger partial charge in [-0.15, -0.1) is 0 Å². The van der Waals surface area contributed by atoms with Crippen LogP contribution in [0.2, 0.25) is 0 Å². The molecule has 6 nitrogen and oxygen atoms in total. The van der Waals surface area contributed by atoms with Crippen molar-refractivity contribution >= 4 is 6.03 Å². The molecule has 0 unspecified atom stereocenters. The molecule has 2 rings (SSSR count). The van der Waals surface area contributed by atoms with Crippen LogP contribution in [0.5, 0.6) is 5.75 Å². The number of hydrogen-bond acceptors (Lipinski definition) is 3. The molecule has 0 saturated carbocycles. The van der Waals surface area contributed by atoms with Crippen LogP contribution in [0, 0.1) is 6.92 Å². The number of imidazole rings is 1. The van der Waals surface area contributed by atoms with Gasteiger partial charge in [0.25, 0.3) is 0 Å². The summed E-state index contributed by atoms with van der Waals surface area (Å²) in [5.41, 5.74) is 1.17. The van der Waals surface area contributed by atoms with E-state index in [4.69, 9.17) is 4.74 Å². The van der Waals surface area contributed by atoms with E-state index < -0.39 is 0 Å². The van der Waals surface area contributed by atoms with E-state index in [2.05, 4.69) is 20.2 Å². The fraction of sp³-hybridized carbons (Fsp3) is 0.412. The average molecular weight is 316 g/mol. The topological polar surface area (TPSA) is 68.2 Å². The minimum Gasteiger partial charge on any atom is -0.497 e. The molecular formula is C17H24N4O2. The van der Waals surface area contributed by atoms with Crippen LogP contribution >= 0.6 is 0 Å². The Morgan fingerprint density at radius 3 is 2.61 bits per heavy atom. The predicted octanol–water partition coefficient (Wildman–Crippen LogP) is 2.13. The number of ether oxygens (including phenoxy) is 1. The van der Waals surface area contributed by atoms with E-state index in [1.165, 1.54) is 5.56 Å². The highest BCUT2D eigenvalue weighted by Gasteiger charge is 2.01. The number of carbonyl (C=O) groups is 1. The van der Waals surface area contributed by atoms with Crippen LogP contribution in [0.1, 0.15) is 17.8 Å². The fourth-order valence-corrected chi connectivity index (χ4v) is 2.27. The van der Waals surface area contributed by atoms with Gasteiger partial charge in [-0.05, 0) is 37.5 Å². The summed E-state index contributed by atoms with van der Waals surface area (Å²) >= 11 is 0. The fourth-order valence-electron chi connectivity index (χ4n) is 2.27. The average Bonchev–Trinajstić information content (AvgIpc) is 2.97. The van der Waals surface area contributed by atoms with Crippen molar-refractivity contribution in [3.05, 3.63) is 48.0 Å². The van der Waals surface area contributed by atoms with Crippen molar-refractivity contribution in [3.8, 4) is 5.75 Å². The van der Waals surface area contributed by atoms with Crippen LogP contribution < -0.4 is 15.4 Å². The third-order valence-corrected chi connectivity index (χ3v) is 3.64. The van der Waals surface area contributed by atoms with Crippen LogP contribution in [0.3, 0.4) is 0 Å². The van der Waals surface area contributed by atoms with Gasteiger partial charge in [-0.3, -0.25) is 0 Å². The summed E-state index contributed by atoms with van der Waals surface area (Å²) in [6, 6.07) is 7.74. The van der Waals surface area contributed by atoms with E-state index in [1.54, 1.807) is 13.3 Å². The number of amides is 2. The van der Waals surface area contributed by atoms with Gasteiger partial charge in [-0.25, -0.2) is 9.78 Å². The van der Waals surface area contributed by atoms with E-state index in [1.807, 2.05) is 37.4 Å². The van der Waals surface area contributed by atoms with Gasteiger partial charge < -0.3 is 19.9 Å². The van der Waals surface area contributed by atoms with Crippen molar-refractivity contribution in [2.24, 2.45) is 0 Å². The first-order valence-corrected chi connectivity index (χ1v) is 7.81. The van der Waals surface area contributed by atoms with Crippen molar-refractivity contribution in [3.63, 3.8) is 0 Å². The van der Waals surface area contributed by atoms with E-state index in [0.717, 1.165) is 31.0 Å². The standard InChI is InChI=1S/C17H24N4O2/c1-14-18-11-13-21(14)12-3-9-19-17(22)20-10-8-15-4-6-16(23-2)7-5-15/h4-7,11,13H,3,8-10,12H2,1-2H3,(H2,19,20,22). The molecule has 2 aromatic rings. The Balaban J connectivity index is 1.57. The van der Waals surface area contributed by atoms with E-state index >= 15 is 0 Å². The SMILES string of the molecule is COc1ccc(CCNC(=O)NCCCn2ccnc2C)cc1. The third-order valence-electron chi connectivity index (χ3n) is 3.64. The molecule has 6 heteroatoms. The summed E-state index contributed by atoms with van der Waals surface area (Å²) in [5, 5.41) is 5.73. The number of nitrogens with zero attached hydrogens (tertiary/aromatic N) is 2. The molecule has 1 heterocycles. The van der Waals surface area contributed by atoms with Gasteiger partial charge in [-0.1, -0.05) is 12.1 Å². The van der Waals surface area contributed by atoms with Gasteiger partial charge in [-0.2, -0.15) is 0 Å². The zero-order valence-electron chi connectivity index (χ0n) is 13.7. The molecule has 1 aromatic heterocycles. The molecule has 0 aliphatic rings. The number of aromatic nitrogens is 2. The number of nitrogens with one attached hydrogen (secondary N) is 2.